The Balaban J connectivity index is 1.48. The largest absolute Gasteiger partial charge is 0.490 e. The molecule has 1 saturated carbocycles. The Labute approximate surface area is 210 Å². The van der Waals surface area contributed by atoms with Crippen LogP contribution in [0.15, 0.2) is 30.3 Å². The van der Waals surface area contributed by atoms with E-state index in [1.165, 1.54) is 6.07 Å². The summed E-state index contributed by atoms with van der Waals surface area (Å²) in [7, 11) is 0. The fourth-order valence-electron chi connectivity index (χ4n) is 6.92. The van der Waals surface area contributed by atoms with E-state index >= 15 is 0 Å². The van der Waals surface area contributed by atoms with Crippen molar-refractivity contribution in [2.45, 2.75) is 102 Å². The molecule has 3 fully saturated rings. The van der Waals surface area contributed by atoms with Gasteiger partial charge in [-0.1, -0.05) is 31.5 Å². The fourth-order valence-corrected chi connectivity index (χ4v) is 6.92. The summed E-state index contributed by atoms with van der Waals surface area (Å²) in [6.45, 7) is 4.22. The lowest BCUT2D eigenvalue weighted by molar-refractivity contribution is -0.147. The summed E-state index contributed by atoms with van der Waals surface area (Å²) in [5.74, 6) is -0.550. The molecular weight excluding hydrogens is 467 g/mol. The molecule has 0 spiro atoms. The van der Waals surface area contributed by atoms with E-state index in [-0.39, 0.29) is 41.3 Å². The van der Waals surface area contributed by atoms with Crippen LogP contribution in [0.5, 0.6) is 5.75 Å². The third-order valence-corrected chi connectivity index (χ3v) is 8.86. The van der Waals surface area contributed by atoms with Gasteiger partial charge >= 0.3 is 12.1 Å². The number of halogens is 3. The lowest BCUT2D eigenvalue weighted by Gasteiger charge is -2.51. The van der Waals surface area contributed by atoms with Crippen molar-refractivity contribution in [3.8, 4) is 5.75 Å². The van der Waals surface area contributed by atoms with Crippen molar-refractivity contribution in [3.63, 3.8) is 0 Å². The monoisotopic (exact) mass is 503 g/mol. The summed E-state index contributed by atoms with van der Waals surface area (Å²) in [6, 6.07) is 8.81. The number of carbonyl (C=O) groups is 1. The van der Waals surface area contributed by atoms with Gasteiger partial charge < -0.3 is 9.84 Å². The van der Waals surface area contributed by atoms with Crippen LogP contribution < -0.4 is 4.74 Å². The molecule has 2 aromatic rings. The third-order valence-electron chi connectivity index (χ3n) is 8.86. The van der Waals surface area contributed by atoms with Crippen molar-refractivity contribution in [2.24, 2.45) is 11.8 Å². The zero-order chi connectivity index (χ0) is 25.6. The number of rotatable bonds is 5. The maximum atomic E-state index is 14.4. The van der Waals surface area contributed by atoms with Crippen LogP contribution in [0.4, 0.5) is 13.2 Å². The Morgan fingerprint density at radius 1 is 1.03 bits per heavy atom. The van der Waals surface area contributed by atoms with Gasteiger partial charge in [-0.05, 0) is 92.7 Å². The van der Waals surface area contributed by atoms with Crippen molar-refractivity contribution in [3.05, 3.63) is 41.5 Å². The van der Waals surface area contributed by atoms with E-state index in [0.29, 0.717) is 24.1 Å². The molecular formula is C29H36F3NO3. The van der Waals surface area contributed by atoms with E-state index in [2.05, 4.69) is 11.8 Å². The lowest BCUT2D eigenvalue weighted by Crippen LogP contribution is -2.53. The van der Waals surface area contributed by atoms with Gasteiger partial charge in [0.15, 0.2) is 0 Å². The summed E-state index contributed by atoms with van der Waals surface area (Å²) >= 11 is 0. The number of carboxylic acids is 1. The third kappa shape index (κ3) is 4.96. The predicted molar refractivity (Wildman–Crippen MR) is 133 cm³/mol. The van der Waals surface area contributed by atoms with Crippen molar-refractivity contribution in [2.75, 3.05) is 0 Å². The fraction of sp³-hybridized carbons (Fsp3) is 0.621. The molecule has 7 heteroatoms. The van der Waals surface area contributed by atoms with Crippen LogP contribution >= 0.6 is 0 Å². The first-order valence-electron chi connectivity index (χ1n) is 13.4. The van der Waals surface area contributed by atoms with Crippen molar-refractivity contribution in [1.29, 1.82) is 0 Å². The van der Waals surface area contributed by atoms with Crippen LogP contribution in [0.2, 0.25) is 0 Å². The molecule has 196 valence electrons. The minimum atomic E-state index is -4.53. The first kappa shape index (κ1) is 25.4. The predicted octanol–water partition coefficient (Wildman–Crippen LogP) is 7.59. The van der Waals surface area contributed by atoms with Crippen LogP contribution in [0.3, 0.4) is 0 Å². The summed E-state index contributed by atoms with van der Waals surface area (Å²) < 4.78 is 49.3. The second-order valence-corrected chi connectivity index (χ2v) is 11.3. The molecule has 0 aromatic heterocycles. The SMILES string of the molecule is C[C@H](c1ccc2ccc(O[C@H]3CC[C@@H](C)CC3)c(C(F)(F)F)c2c1)N1C2CCCC1CC(C(=O)O)C2. The van der Waals surface area contributed by atoms with Crippen LogP contribution in [0, 0.1) is 11.8 Å². The highest BCUT2D eigenvalue weighted by Gasteiger charge is 2.43. The summed E-state index contributed by atoms with van der Waals surface area (Å²) in [6.07, 6.45) is 2.95. The number of ether oxygens (including phenoxy) is 1. The lowest BCUT2D eigenvalue weighted by atomic mass is 9.77. The van der Waals surface area contributed by atoms with Gasteiger partial charge in [-0.25, -0.2) is 0 Å². The van der Waals surface area contributed by atoms with Crippen LogP contribution in [-0.4, -0.2) is 34.2 Å². The maximum Gasteiger partial charge on any atom is 0.420 e. The molecule has 1 aliphatic carbocycles. The quantitative estimate of drug-likeness (QED) is 0.457. The minimum absolute atomic E-state index is 0.0708. The molecule has 2 bridgehead atoms. The number of carboxylic acid groups (broad SMARTS) is 1. The van der Waals surface area contributed by atoms with Crippen molar-refractivity contribution in [1.82, 2.24) is 4.90 Å². The van der Waals surface area contributed by atoms with E-state index in [0.717, 1.165) is 50.5 Å². The van der Waals surface area contributed by atoms with Gasteiger partial charge in [0.2, 0.25) is 0 Å². The average Bonchev–Trinajstić information content (AvgIpc) is 2.82. The summed E-state index contributed by atoms with van der Waals surface area (Å²) in [4.78, 5) is 14.0. The number of aliphatic carboxylic acids is 1. The highest BCUT2D eigenvalue weighted by molar-refractivity contribution is 5.89. The Hall–Kier alpha value is -2.28. The molecule has 0 amide bonds. The number of fused-ring (bicyclic) bond motifs is 3. The van der Waals surface area contributed by atoms with Crippen LogP contribution in [0.1, 0.15) is 88.8 Å². The van der Waals surface area contributed by atoms with E-state index in [9.17, 15) is 23.1 Å². The summed E-state index contributed by atoms with van der Waals surface area (Å²) in [5, 5.41) is 10.3. The van der Waals surface area contributed by atoms with Gasteiger partial charge in [-0.3, -0.25) is 9.69 Å². The zero-order valence-electron chi connectivity index (χ0n) is 21.1. The molecule has 2 aliphatic heterocycles. The Kier molecular flexibility index (Phi) is 6.96. The Morgan fingerprint density at radius 2 is 1.67 bits per heavy atom. The van der Waals surface area contributed by atoms with E-state index in [4.69, 9.17) is 4.74 Å². The molecule has 2 aromatic carbocycles. The molecule has 2 saturated heterocycles. The summed E-state index contributed by atoms with van der Waals surface area (Å²) in [5.41, 5.74) is 0.153. The molecule has 1 N–H and O–H groups in total. The van der Waals surface area contributed by atoms with E-state index < -0.39 is 17.7 Å². The normalized spacial score (nSPS) is 30.2. The second kappa shape index (κ2) is 9.88. The maximum absolute atomic E-state index is 14.4. The standard InChI is InChI=1S/C29H36F3NO3/c1-17-6-11-24(12-7-17)36-26-13-10-19-8-9-20(16-25(19)27(26)29(30,31)32)18(2)33-22-4-3-5-23(33)15-21(14-22)28(34)35/h8-10,13,16-18,21-24H,3-7,11-12,14-15H2,1-2H3,(H,34,35)/t17-,18-,21?,22?,23?,24+/m1/s1. The molecule has 4 nitrogen and oxygen atoms in total. The van der Waals surface area contributed by atoms with Gasteiger partial charge in [0, 0.05) is 18.1 Å². The van der Waals surface area contributed by atoms with Crippen molar-refractivity contribution >= 4 is 16.7 Å². The van der Waals surface area contributed by atoms with Gasteiger partial charge in [0.25, 0.3) is 0 Å². The zero-order valence-corrected chi connectivity index (χ0v) is 21.1. The highest BCUT2D eigenvalue weighted by Crippen LogP contribution is 2.45. The van der Waals surface area contributed by atoms with Crippen molar-refractivity contribution < 1.29 is 27.8 Å². The Morgan fingerprint density at radius 3 is 2.28 bits per heavy atom. The molecule has 3 aliphatic rings. The second-order valence-electron chi connectivity index (χ2n) is 11.3. The van der Waals surface area contributed by atoms with E-state index in [1.807, 2.05) is 13.0 Å². The Bertz CT molecular complexity index is 1090. The minimum Gasteiger partial charge on any atom is -0.490 e. The van der Waals surface area contributed by atoms with E-state index in [1.54, 1.807) is 18.2 Å². The number of hydrogen-bond donors (Lipinski definition) is 1. The first-order chi connectivity index (χ1) is 17.1. The number of benzene rings is 2. The van der Waals surface area contributed by atoms with Gasteiger partial charge in [0.05, 0.1) is 12.0 Å². The smallest absolute Gasteiger partial charge is 0.420 e. The number of piperidine rings is 2. The highest BCUT2D eigenvalue weighted by atomic mass is 19.4. The average molecular weight is 504 g/mol. The number of alkyl halides is 3. The first-order valence-corrected chi connectivity index (χ1v) is 13.4. The molecule has 36 heavy (non-hydrogen) atoms. The van der Waals surface area contributed by atoms with Crippen LogP contribution in [0.25, 0.3) is 10.8 Å². The van der Waals surface area contributed by atoms with Gasteiger partial charge in [-0.2, -0.15) is 13.2 Å². The number of hydrogen-bond acceptors (Lipinski definition) is 3. The van der Waals surface area contributed by atoms with Crippen LogP contribution in [-0.2, 0) is 11.0 Å². The molecule has 2 heterocycles. The number of nitrogens with zero attached hydrogens (tertiary/aromatic N) is 1. The molecule has 5 rings (SSSR count). The van der Waals surface area contributed by atoms with Gasteiger partial charge in [0.1, 0.15) is 11.3 Å². The topological polar surface area (TPSA) is 49.8 Å². The molecule has 2 unspecified atom stereocenters. The van der Waals surface area contributed by atoms with Gasteiger partial charge in [-0.15, -0.1) is 0 Å². The molecule has 3 atom stereocenters. The molecule has 0 radical (unpaired) electrons.